The van der Waals surface area contributed by atoms with Crippen molar-refractivity contribution in [3.05, 3.63) is 0 Å². The fourth-order valence-electron chi connectivity index (χ4n) is 3.00. The Balaban J connectivity index is 3.57. The van der Waals surface area contributed by atoms with Gasteiger partial charge in [-0.3, -0.25) is 9.81 Å². The van der Waals surface area contributed by atoms with Gasteiger partial charge in [0.25, 0.3) is 0 Å². The zero-order valence-electron chi connectivity index (χ0n) is 15.8. The first-order valence-electron chi connectivity index (χ1n) is 9.91. The summed E-state index contributed by atoms with van der Waals surface area (Å²) >= 11 is 0. The molecule has 0 radical (unpaired) electrons. The molecular formula is C18H38O6S. The van der Waals surface area contributed by atoms with Crippen LogP contribution in [0.1, 0.15) is 103 Å². The van der Waals surface area contributed by atoms with Crippen molar-refractivity contribution in [2.45, 2.75) is 109 Å². The van der Waals surface area contributed by atoms with E-state index in [-0.39, 0.29) is 6.61 Å². The molecule has 0 aliphatic rings. The second kappa shape index (κ2) is 17.2. The van der Waals surface area contributed by atoms with Crippen molar-refractivity contribution in [3.63, 3.8) is 0 Å². The molecule has 0 aliphatic carbocycles. The van der Waals surface area contributed by atoms with E-state index in [1.54, 1.807) is 0 Å². The van der Waals surface area contributed by atoms with Crippen molar-refractivity contribution in [2.24, 2.45) is 0 Å². The highest BCUT2D eigenvalue weighted by atomic mass is 32.3. The molecule has 6 nitrogen and oxygen atoms in total. The van der Waals surface area contributed by atoms with Crippen LogP contribution >= 0.6 is 0 Å². The maximum atomic E-state index is 10.8. The lowest BCUT2D eigenvalue weighted by atomic mass is 10.0. The second-order valence-electron chi connectivity index (χ2n) is 6.80. The number of unbranched alkanes of at least 4 members (excludes halogenated alkanes) is 11. The van der Waals surface area contributed by atoms with E-state index in [0.29, 0.717) is 19.3 Å². The third-order valence-corrected chi connectivity index (χ3v) is 4.91. The van der Waals surface area contributed by atoms with Crippen LogP contribution in [-0.2, 0) is 19.5 Å². The minimum Gasteiger partial charge on any atom is -0.264 e. The predicted octanol–water partition coefficient (Wildman–Crippen LogP) is 5.54. The summed E-state index contributed by atoms with van der Waals surface area (Å²) in [6.07, 6.45) is 15.9. The molecule has 0 bridgehead atoms. The van der Waals surface area contributed by atoms with E-state index in [4.69, 9.17) is 9.81 Å². The summed E-state index contributed by atoms with van der Waals surface area (Å²) in [5, 5.41) is 8.29. The van der Waals surface area contributed by atoms with Crippen LogP contribution in [0.2, 0.25) is 0 Å². The highest BCUT2D eigenvalue weighted by Crippen LogP contribution is 2.16. The maximum absolute atomic E-state index is 10.8. The Morgan fingerprint density at radius 3 is 1.64 bits per heavy atom. The van der Waals surface area contributed by atoms with Crippen LogP contribution in [0.15, 0.2) is 0 Å². The van der Waals surface area contributed by atoms with Crippen molar-refractivity contribution in [1.82, 2.24) is 0 Å². The molecule has 0 spiro atoms. The van der Waals surface area contributed by atoms with Crippen LogP contribution < -0.4 is 0 Å². The molecule has 0 rings (SSSR count). The van der Waals surface area contributed by atoms with Gasteiger partial charge in [-0.25, -0.2) is 9.07 Å². The van der Waals surface area contributed by atoms with Gasteiger partial charge in [-0.1, -0.05) is 84.0 Å². The van der Waals surface area contributed by atoms with Crippen molar-refractivity contribution >= 4 is 10.4 Å². The van der Waals surface area contributed by atoms with Crippen LogP contribution in [-0.4, -0.2) is 30.9 Å². The Bertz CT molecular complexity index is 372. The maximum Gasteiger partial charge on any atom is 0.397 e. The molecule has 0 saturated carbocycles. The average molecular weight is 383 g/mol. The van der Waals surface area contributed by atoms with Crippen LogP contribution in [0.4, 0.5) is 0 Å². The molecule has 0 saturated heterocycles. The predicted molar refractivity (Wildman–Crippen MR) is 99.9 cm³/mol. The normalized spacial score (nSPS) is 13.2. The lowest BCUT2D eigenvalue weighted by Crippen LogP contribution is -2.18. The lowest BCUT2D eigenvalue weighted by Gasteiger charge is -2.15. The van der Waals surface area contributed by atoms with Gasteiger partial charge in [0.15, 0.2) is 0 Å². The minimum absolute atomic E-state index is 0.129. The quantitative estimate of drug-likeness (QED) is 0.132. The standard InChI is InChI=1S/C18H38O6S/c1-2-3-4-5-6-7-8-9-10-11-12-13-15-18(16-14-17-23-19)24-25(20,21)22/h18-19H,2-17H2,1H3,(H,20,21,22). The Hall–Kier alpha value is -0.210. The Kier molecular flexibility index (Phi) is 17.1. The van der Waals surface area contributed by atoms with E-state index >= 15 is 0 Å². The summed E-state index contributed by atoms with van der Waals surface area (Å²) in [5.74, 6) is 0. The summed E-state index contributed by atoms with van der Waals surface area (Å²) in [6.45, 7) is 2.37. The van der Waals surface area contributed by atoms with Crippen molar-refractivity contribution < 1.29 is 27.3 Å². The van der Waals surface area contributed by atoms with Crippen LogP contribution in [0.5, 0.6) is 0 Å². The first-order valence-corrected chi connectivity index (χ1v) is 11.3. The Morgan fingerprint density at radius 2 is 1.20 bits per heavy atom. The van der Waals surface area contributed by atoms with Gasteiger partial charge in [0.05, 0.1) is 12.7 Å². The molecule has 2 N–H and O–H groups in total. The highest BCUT2D eigenvalue weighted by molar-refractivity contribution is 7.80. The fraction of sp³-hybridized carbons (Fsp3) is 1.00. The van der Waals surface area contributed by atoms with E-state index in [0.717, 1.165) is 19.3 Å². The van der Waals surface area contributed by atoms with Gasteiger partial charge in [0.1, 0.15) is 0 Å². The van der Waals surface area contributed by atoms with Crippen molar-refractivity contribution in [2.75, 3.05) is 6.61 Å². The molecule has 0 fully saturated rings. The van der Waals surface area contributed by atoms with Gasteiger partial charge in [0, 0.05) is 0 Å². The molecule has 0 aliphatic heterocycles. The van der Waals surface area contributed by atoms with E-state index in [9.17, 15) is 8.42 Å². The van der Waals surface area contributed by atoms with E-state index < -0.39 is 16.5 Å². The van der Waals surface area contributed by atoms with E-state index in [1.165, 1.54) is 57.8 Å². The third-order valence-electron chi connectivity index (χ3n) is 4.40. The van der Waals surface area contributed by atoms with Crippen LogP contribution in [0.25, 0.3) is 0 Å². The van der Waals surface area contributed by atoms with E-state index in [2.05, 4.69) is 16.0 Å². The van der Waals surface area contributed by atoms with Gasteiger partial charge >= 0.3 is 10.4 Å². The average Bonchev–Trinajstić information content (AvgIpc) is 2.54. The molecule has 7 heteroatoms. The molecule has 0 aromatic heterocycles. The summed E-state index contributed by atoms with van der Waals surface area (Å²) < 4.78 is 35.2. The zero-order chi connectivity index (χ0) is 18.8. The van der Waals surface area contributed by atoms with Gasteiger partial charge in [0.2, 0.25) is 0 Å². The molecule has 0 heterocycles. The first kappa shape index (κ1) is 24.8. The Morgan fingerprint density at radius 1 is 0.760 bits per heavy atom. The molecule has 0 aromatic carbocycles. The number of hydrogen-bond acceptors (Lipinski definition) is 5. The summed E-state index contributed by atoms with van der Waals surface area (Å²) in [7, 11) is -4.43. The van der Waals surface area contributed by atoms with Gasteiger partial charge < -0.3 is 0 Å². The topological polar surface area (TPSA) is 93.1 Å². The SMILES string of the molecule is CCCCCCCCCCCCCCC(CCCOO)OS(=O)(=O)O. The molecule has 152 valence electrons. The van der Waals surface area contributed by atoms with Crippen LogP contribution in [0.3, 0.4) is 0 Å². The summed E-state index contributed by atoms with van der Waals surface area (Å²) in [4.78, 5) is 3.97. The van der Waals surface area contributed by atoms with Gasteiger partial charge in [-0.15, -0.1) is 0 Å². The molecular weight excluding hydrogens is 344 g/mol. The smallest absolute Gasteiger partial charge is 0.264 e. The molecule has 1 atom stereocenters. The summed E-state index contributed by atoms with van der Waals surface area (Å²) in [6, 6.07) is 0. The summed E-state index contributed by atoms with van der Waals surface area (Å²) in [5.41, 5.74) is 0. The second-order valence-corrected chi connectivity index (χ2v) is 7.85. The molecule has 25 heavy (non-hydrogen) atoms. The molecule has 0 aromatic rings. The third kappa shape index (κ3) is 20.0. The first-order chi connectivity index (χ1) is 12.0. The van der Waals surface area contributed by atoms with Crippen molar-refractivity contribution in [3.8, 4) is 0 Å². The van der Waals surface area contributed by atoms with Crippen molar-refractivity contribution in [1.29, 1.82) is 0 Å². The van der Waals surface area contributed by atoms with Gasteiger partial charge in [-0.05, 0) is 19.3 Å². The van der Waals surface area contributed by atoms with Gasteiger partial charge in [-0.2, -0.15) is 8.42 Å². The minimum atomic E-state index is -4.43. The Labute approximate surface area is 154 Å². The largest absolute Gasteiger partial charge is 0.397 e. The molecule has 0 amide bonds. The highest BCUT2D eigenvalue weighted by Gasteiger charge is 2.16. The van der Waals surface area contributed by atoms with E-state index in [1.807, 2.05) is 0 Å². The zero-order valence-corrected chi connectivity index (χ0v) is 16.6. The lowest BCUT2D eigenvalue weighted by molar-refractivity contribution is -0.243. The fourth-order valence-corrected chi connectivity index (χ4v) is 3.54. The monoisotopic (exact) mass is 382 g/mol. The van der Waals surface area contributed by atoms with Crippen LogP contribution in [0, 0.1) is 0 Å². The number of rotatable bonds is 19. The molecule has 1 unspecified atom stereocenters. The number of hydrogen-bond donors (Lipinski definition) is 2.